The highest BCUT2D eigenvalue weighted by molar-refractivity contribution is 7.62. The lowest BCUT2D eigenvalue weighted by atomic mass is 9.74. The van der Waals surface area contributed by atoms with Crippen molar-refractivity contribution in [2.75, 3.05) is 39.3 Å². The van der Waals surface area contributed by atoms with Gasteiger partial charge in [0, 0.05) is 110 Å². The van der Waals surface area contributed by atoms with Gasteiger partial charge in [-0.2, -0.15) is 0 Å². The molecular weight excluding hydrogens is 723 g/mol. The summed E-state index contributed by atoms with van der Waals surface area (Å²) >= 11 is 0. The largest absolute Gasteiger partial charge is 0.260 e. The third-order valence-corrected chi connectivity index (χ3v) is 19.2. The van der Waals surface area contributed by atoms with Crippen molar-refractivity contribution in [1.29, 1.82) is 0 Å². The minimum Gasteiger partial charge on any atom is -0.260 e. The molecular formula is C36H45F6N6P3. The number of fused-ring (bicyclic) bond motifs is 6. The van der Waals surface area contributed by atoms with Crippen LogP contribution in [0.15, 0.2) is 54.6 Å². The number of likely N-dealkylation sites (N-methyl/N-ethyl adjacent to an activating group) is 6. The maximum absolute atomic E-state index is 15.0. The molecule has 1 aliphatic carbocycles. The lowest BCUT2D eigenvalue weighted by Crippen LogP contribution is -2.72. The Bertz CT molecular complexity index is 1440. The molecule has 3 saturated heterocycles. The van der Waals surface area contributed by atoms with E-state index in [9.17, 15) is 26.3 Å². The van der Waals surface area contributed by atoms with E-state index < -0.39 is 59.6 Å². The second-order valence-corrected chi connectivity index (χ2v) is 19.6. The number of hydrogen-bond acceptors (Lipinski definition) is 6. The summed E-state index contributed by atoms with van der Waals surface area (Å²) in [7, 11) is -4.11. The van der Waals surface area contributed by atoms with Gasteiger partial charge in [0.25, 0.3) is 0 Å². The van der Waals surface area contributed by atoms with Crippen molar-refractivity contribution >= 4 is 40.6 Å². The zero-order valence-electron chi connectivity index (χ0n) is 29.7. The zero-order valence-corrected chi connectivity index (χ0v) is 32.4. The molecule has 3 aromatic carbocycles. The predicted octanol–water partition coefficient (Wildman–Crippen LogP) is 6.93. The lowest BCUT2D eigenvalue weighted by Gasteiger charge is -2.51. The van der Waals surface area contributed by atoms with Crippen molar-refractivity contribution in [2.45, 2.75) is 77.8 Å². The lowest BCUT2D eigenvalue weighted by molar-refractivity contribution is 0.0162. The average molecular weight is 769 g/mol. The van der Waals surface area contributed by atoms with Gasteiger partial charge in [0.1, 0.15) is 34.9 Å². The smallest absolute Gasteiger partial charge is 0.126 e. The summed E-state index contributed by atoms with van der Waals surface area (Å²) < 4.78 is 104. The first kappa shape index (κ1) is 37.6. The quantitative estimate of drug-likeness (QED) is 0.173. The van der Waals surface area contributed by atoms with Crippen molar-refractivity contribution in [3.05, 3.63) is 89.5 Å². The topological polar surface area (TPSA) is 19.4 Å². The summed E-state index contributed by atoms with van der Waals surface area (Å²) in [6, 6.07) is 10.7. The SMILES string of the molecule is CCN1C2C3C(C4C(C2N(CC)P1c1cc(F)cc(F)c1)N(CC)P(c1cc(F)cc(F)c1)N4CC)N(CC)P(c1cc(F)cc(F)c1)N3CC. The molecule has 0 amide bonds. The van der Waals surface area contributed by atoms with Crippen molar-refractivity contribution in [3.8, 4) is 0 Å². The summed E-state index contributed by atoms with van der Waals surface area (Å²) in [5.74, 6) is -3.75. The molecule has 15 heteroatoms. The molecule has 0 unspecified atom stereocenters. The molecule has 3 heterocycles. The second-order valence-electron chi connectivity index (χ2n) is 13.2. The molecule has 0 aromatic heterocycles. The van der Waals surface area contributed by atoms with E-state index in [1.807, 2.05) is 0 Å². The first-order chi connectivity index (χ1) is 24.5. The standard InChI is InChI=1S/C36H45F6N6P3/c1-7-43-31-32(44(8-2)49(43)28-16-22(37)13-23(38)17-28)34-36(48(12-6)51(46(34)10-4)30-20-26(41)15-27(42)21-30)35-33(31)45(9-3)50(47(35)11-5)29-18-24(39)14-25(40)19-29/h13-21,31-36H,7-12H2,1-6H3. The maximum atomic E-state index is 15.0. The minimum atomic E-state index is -1.37. The summed E-state index contributed by atoms with van der Waals surface area (Å²) in [5, 5.41) is 1.79. The van der Waals surface area contributed by atoms with E-state index in [1.54, 1.807) is 0 Å². The summed E-state index contributed by atoms with van der Waals surface area (Å²) in [6.45, 7) is 16.2. The van der Waals surface area contributed by atoms with E-state index in [1.165, 1.54) is 36.4 Å². The maximum Gasteiger partial charge on any atom is 0.126 e. The number of hydrogen-bond donors (Lipinski definition) is 0. The molecule has 4 fully saturated rings. The molecule has 4 aliphatic rings. The highest BCUT2D eigenvalue weighted by Crippen LogP contribution is 2.68. The van der Waals surface area contributed by atoms with Crippen LogP contribution in [0.1, 0.15) is 41.5 Å². The average Bonchev–Trinajstić information content (AvgIpc) is 3.71. The fraction of sp³-hybridized carbons (Fsp3) is 0.500. The number of rotatable bonds is 9. The van der Waals surface area contributed by atoms with Gasteiger partial charge in [0.15, 0.2) is 0 Å². The van der Waals surface area contributed by atoms with E-state index in [0.29, 0.717) is 55.2 Å². The van der Waals surface area contributed by atoms with Crippen LogP contribution in [0, 0.1) is 34.9 Å². The Morgan fingerprint density at radius 3 is 0.627 bits per heavy atom. The van der Waals surface area contributed by atoms with Gasteiger partial charge in [-0.15, -0.1) is 0 Å². The molecule has 0 radical (unpaired) electrons. The van der Waals surface area contributed by atoms with Gasteiger partial charge in [-0.05, 0) is 36.4 Å². The Balaban J connectivity index is 1.49. The molecule has 1 saturated carbocycles. The van der Waals surface area contributed by atoms with Gasteiger partial charge in [-0.1, -0.05) is 41.5 Å². The van der Waals surface area contributed by atoms with Crippen LogP contribution in [-0.4, -0.2) is 104 Å². The fourth-order valence-electron chi connectivity index (χ4n) is 9.45. The van der Waals surface area contributed by atoms with Crippen LogP contribution in [0.25, 0.3) is 0 Å². The van der Waals surface area contributed by atoms with E-state index in [4.69, 9.17) is 0 Å². The molecule has 0 N–H and O–H groups in total. The molecule has 276 valence electrons. The van der Waals surface area contributed by atoms with Crippen LogP contribution in [0.3, 0.4) is 0 Å². The summed E-state index contributed by atoms with van der Waals surface area (Å²) in [6.07, 6.45) is 0. The third-order valence-electron chi connectivity index (χ3n) is 10.8. The highest BCUT2D eigenvalue weighted by Gasteiger charge is 2.71. The first-order valence-electron chi connectivity index (χ1n) is 17.9. The number of benzene rings is 3. The molecule has 3 aromatic rings. The van der Waals surface area contributed by atoms with E-state index >= 15 is 0 Å². The van der Waals surface area contributed by atoms with Crippen LogP contribution in [0.2, 0.25) is 0 Å². The van der Waals surface area contributed by atoms with Gasteiger partial charge < -0.3 is 0 Å². The number of nitrogens with zero attached hydrogens (tertiary/aromatic N) is 6. The molecule has 51 heavy (non-hydrogen) atoms. The Hall–Kier alpha value is -1.71. The Morgan fingerprint density at radius 1 is 0.333 bits per heavy atom. The molecule has 0 atom stereocenters. The van der Waals surface area contributed by atoms with E-state index in [2.05, 4.69) is 69.6 Å². The Kier molecular flexibility index (Phi) is 10.9. The van der Waals surface area contributed by atoms with Gasteiger partial charge >= 0.3 is 0 Å². The van der Waals surface area contributed by atoms with Gasteiger partial charge in [-0.25, -0.2) is 26.3 Å². The summed E-state index contributed by atoms with van der Waals surface area (Å²) in [5.41, 5.74) is 0. The molecule has 6 nitrogen and oxygen atoms in total. The van der Waals surface area contributed by atoms with E-state index in [-0.39, 0.29) is 36.3 Å². The predicted molar refractivity (Wildman–Crippen MR) is 196 cm³/mol. The van der Waals surface area contributed by atoms with E-state index in [0.717, 1.165) is 18.2 Å². The van der Waals surface area contributed by atoms with Crippen molar-refractivity contribution in [1.82, 2.24) is 28.0 Å². The Labute approximate surface area is 300 Å². The monoisotopic (exact) mass is 768 g/mol. The minimum absolute atomic E-state index is 0.120. The second kappa shape index (κ2) is 14.8. The number of halogens is 6. The fourth-order valence-corrected chi connectivity index (χ4v) is 18.3. The summed E-state index contributed by atoms with van der Waals surface area (Å²) in [4.78, 5) is 0. The van der Waals surface area contributed by atoms with Crippen LogP contribution in [0.4, 0.5) is 26.3 Å². The highest BCUT2D eigenvalue weighted by atomic mass is 31.1. The molecule has 0 spiro atoms. The third kappa shape index (κ3) is 6.10. The first-order valence-corrected chi connectivity index (χ1v) is 21.6. The normalized spacial score (nSPS) is 32.1. The van der Waals surface area contributed by atoms with Gasteiger partial charge in [0.2, 0.25) is 0 Å². The van der Waals surface area contributed by atoms with Gasteiger partial charge in [0.05, 0.1) is 24.7 Å². The van der Waals surface area contributed by atoms with Crippen LogP contribution in [0.5, 0.6) is 0 Å². The van der Waals surface area contributed by atoms with Crippen molar-refractivity contribution in [3.63, 3.8) is 0 Å². The molecule has 3 aliphatic heterocycles. The molecule has 7 rings (SSSR count). The van der Waals surface area contributed by atoms with Gasteiger partial charge in [-0.3, -0.25) is 28.0 Å². The molecule has 0 bridgehead atoms. The van der Waals surface area contributed by atoms with Crippen LogP contribution < -0.4 is 15.9 Å². The van der Waals surface area contributed by atoms with Crippen LogP contribution in [-0.2, 0) is 0 Å². The zero-order chi connectivity index (χ0) is 36.5. The van der Waals surface area contributed by atoms with Crippen molar-refractivity contribution in [2.24, 2.45) is 0 Å². The van der Waals surface area contributed by atoms with Crippen molar-refractivity contribution < 1.29 is 26.3 Å². The van der Waals surface area contributed by atoms with Crippen LogP contribution >= 0.6 is 24.7 Å². The Morgan fingerprint density at radius 2 is 0.490 bits per heavy atom.